The maximum absolute atomic E-state index is 12.4. The number of rotatable bonds is 4. The highest BCUT2D eigenvalue weighted by atomic mass is 79.9. The Morgan fingerprint density at radius 2 is 2.22 bits per heavy atom. The van der Waals surface area contributed by atoms with Crippen LogP contribution < -0.4 is 5.32 Å². The number of carbonyl (C=O) groups is 1. The molecule has 1 N–H and O–H groups in total. The van der Waals surface area contributed by atoms with Gasteiger partial charge in [-0.25, -0.2) is 9.78 Å². The number of hydrogen-bond acceptors (Lipinski definition) is 4. The van der Waals surface area contributed by atoms with Crippen molar-refractivity contribution in [1.82, 2.24) is 15.2 Å². The minimum absolute atomic E-state index is 0.186. The smallest absolute Gasteiger partial charge is 0.410 e. The SMILES string of the molecule is CC(C)(C)OC(=O)N1CCCCC1CNCc1cccc(Br)n1. The molecule has 0 bridgehead atoms. The average molecular weight is 384 g/mol. The number of nitrogens with one attached hydrogen (secondary N) is 1. The summed E-state index contributed by atoms with van der Waals surface area (Å²) in [5.74, 6) is 0. The Hall–Kier alpha value is -1.14. The largest absolute Gasteiger partial charge is 0.444 e. The Balaban J connectivity index is 1.87. The van der Waals surface area contributed by atoms with Gasteiger partial charge in [-0.05, 0) is 68.1 Å². The van der Waals surface area contributed by atoms with Crippen molar-refractivity contribution in [3.8, 4) is 0 Å². The lowest BCUT2D eigenvalue weighted by Crippen LogP contribution is -2.50. The van der Waals surface area contributed by atoms with Gasteiger partial charge in [0, 0.05) is 25.7 Å². The minimum atomic E-state index is -0.452. The molecule has 6 heteroatoms. The highest BCUT2D eigenvalue weighted by molar-refractivity contribution is 9.10. The molecule has 0 aromatic carbocycles. The molecule has 1 aromatic heterocycles. The van der Waals surface area contributed by atoms with Crippen molar-refractivity contribution < 1.29 is 9.53 Å². The van der Waals surface area contributed by atoms with Gasteiger partial charge in [0.25, 0.3) is 0 Å². The van der Waals surface area contributed by atoms with E-state index in [-0.39, 0.29) is 12.1 Å². The van der Waals surface area contributed by atoms with E-state index < -0.39 is 5.60 Å². The number of piperidine rings is 1. The predicted molar refractivity (Wildman–Crippen MR) is 94.2 cm³/mol. The van der Waals surface area contributed by atoms with Crippen molar-refractivity contribution >= 4 is 22.0 Å². The van der Waals surface area contributed by atoms with Gasteiger partial charge in [0.1, 0.15) is 10.2 Å². The van der Waals surface area contributed by atoms with Crippen LogP contribution in [0.5, 0.6) is 0 Å². The third-order valence-electron chi connectivity index (χ3n) is 3.71. The van der Waals surface area contributed by atoms with Gasteiger partial charge in [0.2, 0.25) is 0 Å². The maximum atomic E-state index is 12.4. The van der Waals surface area contributed by atoms with Crippen LogP contribution in [0.3, 0.4) is 0 Å². The molecule has 0 radical (unpaired) electrons. The molecule has 0 saturated carbocycles. The number of halogens is 1. The third kappa shape index (κ3) is 6.11. The van der Waals surface area contributed by atoms with Crippen LogP contribution in [-0.2, 0) is 11.3 Å². The van der Waals surface area contributed by atoms with Gasteiger partial charge >= 0.3 is 6.09 Å². The van der Waals surface area contributed by atoms with E-state index in [0.717, 1.165) is 42.6 Å². The number of carbonyl (C=O) groups excluding carboxylic acids is 1. The second-order valence-electron chi connectivity index (χ2n) is 6.91. The van der Waals surface area contributed by atoms with Crippen LogP contribution in [-0.4, -0.2) is 40.7 Å². The Bertz CT molecular complexity index is 531. The summed E-state index contributed by atoms with van der Waals surface area (Å²) in [7, 11) is 0. The summed E-state index contributed by atoms with van der Waals surface area (Å²) in [5.41, 5.74) is 0.534. The van der Waals surface area contributed by atoms with Crippen molar-refractivity contribution in [3.63, 3.8) is 0 Å². The summed E-state index contributed by atoms with van der Waals surface area (Å²) in [6.07, 6.45) is 3.01. The van der Waals surface area contributed by atoms with Gasteiger partial charge in [-0.3, -0.25) is 0 Å². The number of pyridine rings is 1. The van der Waals surface area contributed by atoms with Crippen LogP contribution in [0.15, 0.2) is 22.8 Å². The summed E-state index contributed by atoms with van der Waals surface area (Å²) < 4.78 is 6.37. The Morgan fingerprint density at radius 3 is 2.91 bits per heavy atom. The lowest BCUT2D eigenvalue weighted by Gasteiger charge is -2.36. The van der Waals surface area contributed by atoms with E-state index in [0.29, 0.717) is 6.54 Å². The molecule has 0 aliphatic carbocycles. The average Bonchev–Trinajstić information content (AvgIpc) is 2.46. The molecule has 128 valence electrons. The van der Waals surface area contributed by atoms with E-state index in [1.54, 1.807) is 0 Å². The summed E-state index contributed by atoms with van der Waals surface area (Å²) in [6.45, 7) is 7.94. The van der Waals surface area contributed by atoms with Crippen LogP contribution >= 0.6 is 15.9 Å². The lowest BCUT2D eigenvalue weighted by molar-refractivity contribution is 0.00993. The zero-order valence-electron chi connectivity index (χ0n) is 14.1. The Labute approximate surface area is 146 Å². The van der Waals surface area contributed by atoms with Crippen LogP contribution in [0.4, 0.5) is 4.79 Å². The number of amides is 1. The molecule has 1 aromatic rings. The summed E-state index contributed by atoms with van der Waals surface area (Å²) in [4.78, 5) is 18.6. The first-order chi connectivity index (χ1) is 10.8. The van der Waals surface area contributed by atoms with Gasteiger partial charge in [-0.15, -0.1) is 0 Å². The first kappa shape index (κ1) is 18.2. The van der Waals surface area contributed by atoms with Crippen molar-refractivity contribution in [2.24, 2.45) is 0 Å². The lowest BCUT2D eigenvalue weighted by atomic mass is 10.0. The second kappa shape index (κ2) is 8.11. The predicted octanol–water partition coefficient (Wildman–Crippen LogP) is 3.72. The van der Waals surface area contributed by atoms with E-state index in [1.165, 1.54) is 0 Å². The van der Waals surface area contributed by atoms with Crippen molar-refractivity contribution in [3.05, 3.63) is 28.5 Å². The second-order valence-corrected chi connectivity index (χ2v) is 7.72. The van der Waals surface area contributed by atoms with E-state index in [4.69, 9.17) is 4.74 Å². The fraction of sp³-hybridized carbons (Fsp3) is 0.647. The molecule has 0 spiro atoms. The van der Waals surface area contributed by atoms with Crippen LogP contribution in [0.2, 0.25) is 0 Å². The monoisotopic (exact) mass is 383 g/mol. The molecule has 5 nitrogen and oxygen atoms in total. The van der Waals surface area contributed by atoms with Crippen LogP contribution in [0.25, 0.3) is 0 Å². The first-order valence-corrected chi connectivity index (χ1v) is 8.96. The van der Waals surface area contributed by atoms with E-state index in [1.807, 2.05) is 43.9 Å². The fourth-order valence-corrected chi connectivity index (χ4v) is 3.07. The normalized spacial score (nSPS) is 18.8. The molecule has 1 amide bonds. The number of ether oxygens (including phenoxy) is 1. The molecular formula is C17H26BrN3O2. The molecule has 23 heavy (non-hydrogen) atoms. The molecule has 1 atom stereocenters. The minimum Gasteiger partial charge on any atom is -0.444 e. The van der Waals surface area contributed by atoms with Crippen LogP contribution in [0.1, 0.15) is 45.7 Å². The molecule has 1 fully saturated rings. The van der Waals surface area contributed by atoms with Gasteiger partial charge in [-0.1, -0.05) is 6.07 Å². The van der Waals surface area contributed by atoms with Gasteiger partial charge in [0.15, 0.2) is 0 Å². The van der Waals surface area contributed by atoms with E-state index >= 15 is 0 Å². The Kier molecular flexibility index (Phi) is 6.41. The number of likely N-dealkylation sites (tertiary alicyclic amines) is 1. The zero-order valence-corrected chi connectivity index (χ0v) is 15.7. The molecular weight excluding hydrogens is 358 g/mol. The summed E-state index contributed by atoms with van der Waals surface area (Å²) in [6, 6.07) is 6.06. The summed E-state index contributed by atoms with van der Waals surface area (Å²) >= 11 is 3.38. The molecule has 1 saturated heterocycles. The van der Waals surface area contributed by atoms with Gasteiger partial charge in [-0.2, -0.15) is 0 Å². The van der Waals surface area contributed by atoms with Gasteiger partial charge < -0.3 is 15.0 Å². The highest BCUT2D eigenvalue weighted by Crippen LogP contribution is 2.20. The topological polar surface area (TPSA) is 54.5 Å². The quantitative estimate of drug-likeness (QED) is 0.804. The van der Waals surface area contributed by atoms with E-state index in [9.17, 15) is 4.79 Å². The van der Waals surface area contributed by atoms with Gasteiger partial charge in [0.05, 0.1) is 5.69 Å². The van der Waals surface area contributed by atoms with Crippen molar-refractivity contribution in [2.75, 3.05) is 13.1 Å². The highest BCUT2D eigenvalue weighted by Gasteiger charge is 2.30. The maximum Gasteiger partial charge on any atom is 0.410 e. The number of aromatic nitrogens is 1. The number of nitrogens with zero attached hydrogens (tertiary/aromatic N) is 2. The standard InChI is InChI=1S/C17H26BrN3O2/c1-17(2,3)23-16(22)21-10-5-4-8-14(21)12-19-11-13-7-6-9-15(18)20-13/h6-7,9,14,19H,4-5,8,10-12H2,1-3H3. The summed E-state index contributed by atoms with van der Waals surface area (Å²) in [5, 5.41) is 3.41. The van der Waals surface area contributed by atoms with Crippen molar-refractivity contribution in [1.29, 1.82) is 0 Å². The molecule has 1 aliphatic rings. The number of hydrogen-bond donors (Lipinski definition) is 1. The molecule has 1 unspecified atom stereocenters. The molecule has 2 heterocycles. The Morgan fingerprint density at radius 1 is 1.43 bits per heavy atom. The molecule has 2 rings (SSSR count). The first-order valence-electron chi connectivity index (χ1n) is 8.17. The molecule has 1 aliphatic heterocycles. The fourth-order valence-electron chi connectivity index (χ4n) is 2.69. The van der Waals surface area contributed by atoms with Crippen molar-refractivity contribution in [2.45, 2.75) is 58.2 Å². The third-order valence-corrected chi connectivity index (χ3v) is 4.16. The van der Waals surface area contributed by atoms with E-state index in [2.05, 4.69) is 26.2 Å². The zero-order chi connectivity index (χ0) is 16.9. The van der Waals surface area contributed by atoms with Crippen LogP contribution in [0, 0.1) is 0 Å².